The fourth-order valence-corrected chi connectivity index (χ4v) is 2.94. The second kappa shape index (κ2) is 5.86. The lowest BCUT2D eigenvalue weighted by Gasteiger charge is -2.38. The van der Waals surface area contributed by atoms with Crippen molar-refractivity contribution in [3.05, 3.63) is 65.2 Å². The molecule has 2 aromatic carbocycles. The second-order valence-corrected chi connectivity index (χ2v) is 5.19. The van der Waals surface area contributed by atoms with E-state index in [9.17, 15) is 0 Å². The zero-order valence-corrected chi connectivity index (χ0v) is 12.7. The Morgan fingerprint density at radius 2 is 1.85 bits per heavy atom. The smallest absolute Gasteiger partial charge is 0.119 e. The van der Waals surface area contributed by atoms with E-state index in [4.69, 9.17) is 4.74 Å². The van der Waals surface area contributed by atoms with Gasteiger partial charge in [0.15, 0.2) is 0 Å². The van der Waals surface area contributed by atoms with Crippen LogP contribution in [-0.4, -0.2) is 13.7 Å². The molecule has 1 atom stereocenters. The standard InChI is InChI=1S/C17H19NO.ClH/c1-17(14-6-4-3-5-7-14)16-12-15(19-2)9-8-13(16)10-11-18-17;/h3-9,12,18H,10-11H2,1-2H3;1H. The van der Waals surface area contributed by atoms with E-state index in [1.807, 2.05) is 0 Å². The molecule has 0 aliphatic carbocycles. The van der Waals surface area contributed by atoms with Gasteiger partial charge in [0.05, 0.1) is 12.6 Å². The van der Waals surface area contributed by atoms with Crippen LogP contribution in [0.15, 0.2) is 48.5 Å². The normalized spacial score (nSPS) is 20.7. The lowest BCUT2D eigenvalue weighted by atomic mass is 9.79. The molecule has 1 unspecified atom stereocenters. The first-order valence-electron chi connectivity index (χ1n) is 6.72. The van der Waals surface area contributed by atoms with Crippen LogP contribution in [0.5, 0.6) is 5.75 Å². The van der Waals surface area contributed by atoms with Gasteiger partial charge < -0.3 is 10.1 Å². The minimum atomic E-state index is -0.136. The average molecular weight is 290 g/mol. The van der Waals surface area contributed by atoms with Gasteiger partial charge in [-0.2, -0.15) is 0 Å². The van der Waals surface area contributed by atoms with Gasteiger partial charge in [-0.15, -0.1) is 12.4 Å². The van der Waals surface area contributed by atoms with Gasteiger partial charge in [-0.3, -0.25) is 0 Å². The fourth-order valence-electron chi connectivity index (χ4n) is 2.94. The molecule has 0 saturated heterocycles. The Balaban J connectivity index is 0.00000147. The number of hydrogen-bond acceptors (Lipinski definition) is 2. The van der Waals surface area contributed by atoms with Crippen LogP contribution >= 0.6 is 12.4 Å². The van der Waals surface area contributed by atoms with E-state index in [1.54, 1.807) is 7.11 Å². The summed E-state index contributed by atoms with van der Waals surface area (Å²) >= 11 is 0. The molecule has 2 nitrogen and oxygen atoms in total. The molecule has 0 saturated carbocycles. The molecule has 3 heteroatoms. The van der Waals surface area contributed by atoms with E-state index in [1.165, 1.54) is 16.7 Å². The number of ether oxygens (including phenoxy) is 1. The number of benzene rings is 2. The zero-order chi connectivity index (χ0) is 13.3. The lowest BCUT2D eigenvalue weighted by molar-refractivity contribution is 0.395. The van der Waals surface area contributed by atoms with Crippen molar-refractivity contribution in [3.8, 4) is 5.75 Å². The predicted molar refractivity (Wildman–Crippen MR) is 84.8 cm³/mol. The van der Waals surface area contributed by atoms with Crippen molar-refractivity contribution in [2.45, 2.75) is 18.9 Å². The molecule has 0 aromatic heterocycles. The number of fused-ring (bicyclic) bond motifs is 1. The van der Waals surface area contributed by atoms with Crippen LogP contribution in [0.4, 0.5) is 0 Å². The summed E-state index contributed by atoms with van der Waals surface area (Å²) in [6, 6.07) is 17.0. The summed E-state index contributed by atoms with van der Waals surface area (Å²) in [7, 11) is 1.72. The van der Waals surface area contributed by atoms with Crippen molar-refractivity contribution in [3.63, 3.8) is 0 Å². The molecular formula is C17H20ClNO. The first-order chi connectivity index (χ1) is 9.24. The zero-order valence-electron chi connectivity index (χ0n) is 11.8. The van der Waals surface area contributed by atoms with Crippen molar-refractivity contribution in [2.24, 2.45) is 0 Å². The minimum absolute atomic E-state index is 0. The monoisotopic (exact) mass is 289 g/mol. The molecule has 2 aromatic rings. The fraction of sp³-hybridized carbons (Fsp3) is 0.294. The summed E-state index contributed by atoms with van der Waals surface area (Å²) in [6.45, 7) is 3.25. The van der Waals surface area contributed by atoms with E-state index in [0.29, 0.717) is 0 Å². The highest BCUT2D eigenvalue weighted by Gasteiger charge is 2.33. The van der Waals surface area contributed by atoms with Gasteiger partial charge >= 0.3 is 0 Å². The maximum absolute atomic E-state index is 5.38. The first kappa shape index (κ1) is 14.9. The van der Waals surface area contributed by atoms with Gasteiger partial charge in [0.2, 0.25) is 0 Å². The Labute approximate surface area is 126 Å². The molecule has 3 rings (SSSR count). The quantitative estimate of drug-likeness (QED) is 0.913. The topological polar surface area (TPSA) is 21.3 Å². The van der Waals surface area contributed by atoms with Crippen LogP contribution < -0.4 is 10.1 Å². The largest absolute Gasteiger partial charge is 0.497 e. The molecule has 1 heterocycles. The molecule has 1 aliphatic heterocycles. The molecule has 20 heavy (non-hydrogen) atoms. The van der Waals surface area contributed by atoms with Crippen molar-refractivity contribution >= 4 is 12.4 Å². The summed E-state index contributed by atoms with van der Waals surface area (Å²) in [5.41, 5.74) is 3.89. The van der Waals surface area contributed by atoms with Crippen molar-refractivity contribution in [1.82, 2.24) is 5.32 Å². The van der Waals surface area contributed by atoms with E-state index in [-0.39, 0.29) is 17.9 Å². The molecule has 1 aliphatic rings. The van der Waals surface area contributed by atoms with Crippen LogP contribution in [0.3, 0.4) is 0 Å². The number of rotatable bonds is 2. The number of halogens is 1. The molecule has 0 radical (unpaired) electrons. The molecule has 0 bridgehead atoms. The van der Waals surface area contributed by atoms with Crippen LogP contribution in [0.25, 0.3) is 0 Å². The molecule has 106 valence electrons. The Morgan fingerprint density at radius 3 is 2.55 bits per heavy atom. The average Bonchev–Trinajstić information content (AvgIpc) is 2.48. The van der Waals surface area contributed by atoms with E-state index < -0.39 is 0 Å². The highest BCUT2D eigenvalue weighted by Crippen LogP contribution is 2.36. The summed E-state index contributed by atoms with van der Waals surface area (Å²) in [4.78, 5) is 0. The summed E-state index contributed by atoms with van der Waals surface area (Å²) in [6.07, 6.45) is 1.07. The molecule has 0 spiro atoms. The van der Waals surface area contributed by atoms with Crippen LogP contribution in [-0.2, 0) is 12.0 Å². The molecular weight excluding hydrogens is 270 g/mol. The number of nitrogens with one attached hydrogen (secondary N) is 1. The third-order valence-electron chi connectivity index (χ3n) is 4.08. The van der Waals surface area contributed by atoms with Crippen molar-refractivity contribution in [2.75, 3.05) is 13.7 Å². The van der Waals surface area contributed by atoms with Crippen LogP contribution in [0.1, 0.15) is 23.6 Å². The highest BCUT2D eigenvalue weighted by molar-refractivity contribution is 5.85. The third-order valence-corrected chi connectivity index (χ3v) is 4.08. The van der Waals surface area contributed by atoms with Gasteiger partial charge in [-0.25, -0.2) is 0 Å². The van der Waals surface area contributed by atoms with E-state index >= 15 is 0 Å². The van der Waals surface area contributed by atoms with Gasteiger partial charge in [0, 0.05) is 6.54 Å². The lowest BCUT2D eigenvalue weighted by Crippen LogP contribution is -2.45. The third kappa shape index (κ3) is 2.41. The van der Waals surface area contributed by atoms with Crippen molar-refractivity contribution in [1.29, 1.82) is 0 Å². The number of hydrogen-bond donors (Lipinski definition) is 1. The Kier molecular flexibility index (Phi) is 4.36. The van der Waals surface area contributed by atoms with Crippen LogP contribution in [0.2, 0.25) is 0 Å². The maximum atomic E-state index is 5.38. The van der Waals surface area contributed by atoms with Gasteiger partial charge in [0.1, 0.15) is 5.75 Å². The van der Waals surface area contributed by atoms with Gasteiger partial charge in [0.25, 0.3) is 0 Å². The summed E-state index contributed by atoms with van der Waals surface area (Å²) < 4.78 is 5.38. The van der Waals surface area contributed by atoms with Gasteiger partial charge in [-0.05, 0) is 42.2 Å². The van der Waals surface area contributed by atoms with Gasteiger partial charge in [-0.1, -0.05) is 36.4 Å². The molecule has 1 N–H and O–H groups in total. The summed E-state index contributed by atoms with van der Waals surface area (Å²) in [5.74, 6) is 0.921. The Hall–Kier alpha value is -1.51. The van der Waals surface area contributed by atoms with E-state index in [0.717, 1.165) is 18.7 Å². The SMILES string of the molecule is COc1ccc2c(c1)C(C)(c1ccccc1)NCC2.Cl. The van der Waals surface area contributed by atoms with Crippen molar-refractivity contribution < 1.29 is 4.74 Å². The molecule has 0 fully saturated rings. The second-order valence-electron chi connectivity index (χ2n) is 5.19. The Bertz CT molecular complexity index is 585. The van der Waals surface area contributed by atoms with E-state index in [2.05, 4.69) is 60.8 Å². The highest BCUT2D eigenvalue weighted by atomic mass is 35.5. The Morgan fingerprint density at radius 1 is 1.10 bits per heavy atom. The predicted octanol–water partition coefficient (Wildman–Crippen LogP) is 3.53. The minimum Gasteiger partial charge on any atom is -0.497 e. The summed E-state index contributed by atoms with van der Waals surface area (Å²) in [5, 5.41) is 3.66. The molecule has 0 amide bonds. The van der Waals surface area contributed by atoms with Crippen LogP contribution in [0, 0.1) is 0 Å². The first-order valence-corrected chi connectivity index (χ1v) is 6.72. The number of methoxy groups -OCH3 is 1. The maximum Gasteiger partial charge on any atom is 0.119 e.